The van der Waals surface area contributed by atoms with Crippen LogP contribution in [0.5, 0.6) is 0 Å². The van der Waals surface area contributed by atoms with E-state index in [1.807, 2.05) is 18.2 Å². The van der Waals surface area contributed by atoms with Crippen LogP contribution in [0.2, 0.25) is 0 Å². The third-order valence-electron chi connectivity index (χ3n) is 2.87. The van der Waals surface area contributed by atoms with Gasteiger partial charge in [0.05, 0.1) is 12.2 Å². The van der Waals surface area contributed by atoms with Gasteiger partial charge in [-0.15, -0.1) is 0 Å². The van der Waals surface area contributed by atoms with Crippen molar-refractivity contribution in [3.8, 4) is 0 Å². The van der Waals surface area contributed by atoms with Crippen LogP contribution in [0, 0.1) is 0 Å². The molecule has 0 saturated carbocycles. The average molecular weight is 221 g/mol. The van der Waals surface area contributed by atoms with Crippen LogP contribution in [-0.2, 0) is 17.6 Å². The second-order valence-electron chi connectivity index (χ2n) is 4.17. The van der Waals surface area contributed by atoms with Gasteiger partial charge in [-0.05, 0) is 17.2 Å². The Labute approximate surface area is 93.9 Å². The maximum absolute atomic E-state index is 11.0. The first-order chi connectivity index (χ1) is 7.58. The van der Waals surface area contributed by atoms with Crippen LogP contribution in [0.4, 0.5) is 5.69 Å². The lowest BCUT2D eigenvalue weighted by atomic mass is 9.86. The summed E-state index contributed by atoms with van der Waals surface area (Å²) in [5.74, 6) is -0.131. The van der Waals surface area contributed by atoms with Crippen LogP contribution in [0.1, 0.15) is 18.1 Å². The molecule has 2 rings (SSSR count). The fraction of sp³-hybridized carbons (Fsp3) is 0.417. The van der Waals surface area contributed by atoms with Crippen LogP contribution in [-0.4, -0.2) is 28.3 Å². The first-order valence-electron chi connectivity index (χ1n) is 5.32. The molecule has 0 spiro atoms. The molecule has 0 aromatic heterocycles. The Morgan fingerprint density at radius 1 is 1.31 bits per heavy atom. The van der Waals surface area contributed by atoms with Gasteiger partial charge in [-0.25, -0.2) is 0 Å². The second kappa shape index (κ2) is 4.23. The van der Waals surface area contributed by atoms with Gasteiger partial charge >= 0.3 is 0 Å². The number of anilines is 1. The maximum atomic E-state index is 11.0. The first kappa shape index (κ1) is 11.1. The molecule has 0 heterocycles. The number of benzene rings is 1. The Balaban J connectivity index is 2.36. The number of hydrogen-bond donors (Lipinski definition) is 3. The average Bonchev–Trinajstić information content (AvgIpc) is 2.20. The molecule has 2 unspecified atom stereocenters. The van der Waals surface area contributed by atoms with Gasteiger partial charge in [-0.1, -0.05) is 12.1 Å². The minimum Gasteiger partial charge on any atom is -0.390 e. The minimum atomic E-state index is -0.748. The summed E-state index contributed by atoms with van der Waals surface area (Å²) in [6.07, 6.45) is -0.640. The van der Waals surface area contributed by atoms with E-state index in [0.717, 1.165) is 16.8 Å². The fourth-order valence-corrected chi connectivity index (χ4v) is 2.08. The molecule has 4 nitrogen and oxygen atoms in total. The van der Waals surface area contributed by atoms with Crippen LogP contribution >= 0.6 is 0 Å². The highest BCUT2D eigenvalue weighted by Crippen LogP contribution is 2.28. The number of aliphatic hydroxyl groups excluding tert-OH is 2. The standard InChI is InChI=1S/C12H15NO3/c1-7(14)13-10-4-2-3-8-5-11(15)12(16)6-9(8)10/h2-4,11-12,15-16H,5-6H2,1H3,(H,13,14). The third kappa shape index (κ3) is 2.08. The number of nitrogens with one attached hydrogen (secondary N) is 1. The summed E-state index contributed by atoms with van der Waals surface area (Å²) in [7, 11) is 0. The molecule has 0 aliphatic heterocycles. The van der Waals surface area contributed by atoms with Gasteiger partial charge in [0.25, 0.3) is 0 Å². The van der Waals surface area contributed by atoms with Gasteiger partial charge in [0, 0.05) is 25.5 Å². The van der Waals surface area contributed by atoms with E-state index >= 15 is 0 Å². The van der Waals surface area contributed by atoms with Crippen molar-refractivity contribution in [2.75, 3.05) is 5.32 Å². The smallest absolute Gasteiger partial charge is 0.221 e. The van der Waals surface area contributed by atoms with E-state index in [0.29, 0.717) is 12.8 Å². The molecular weight excluding hydrogens is 206 g/mol. The lowest BCUT2D eigenvalue weighted by Gasteiger charge is -2.27. The molecule has 2 atom stereocenters. The number of carbonyl (C=O) groups is 1. The number of rotatable bonds is 1. The van der Waals surface area contributed by atoms with Gasteiger partial charge < -0.3 is 15.5 Å². The maximum Gasteiger partial charge on any atom is 0.221 e. The lowest BCUT2D eigenvalue weighted by Crippen LogP contribution is -2.35. The van der Waals surface area contributed by atoms with Crippen molar-refractivity contribution in [2.45, 2.75) is 32.0 Å². The number of hydrogen-bond acceptors (Lipinski definition) is 3. The van der Waals surface area contributed by atoms with E-state index in [4.69, 9.17) is 0 Å². The molecule has 1 amide bonds. The molecular formula is C12H15NO3. The van der Waals surface area contributed by atoms with Crippen molar-refractivity contribution in [3.63, 3.8) is 0 Å². The summed E-state index contributed by atoms with van der Waals surface area (Å²) < 4.78 is 0. The topological polar surface area (TPSA) is 69.6 Å². The first-order valence-corrected chi connectivity index (χ1v) is 5.32. The van der Waals surface area contributed by atoms with E-state index in [9.17, 15) is 15.0 Å². The molecule has 16 heavy (non-hydrogen) atoms. The number of aliphatic hydroxyl groups is 2. The number of amides is 1. The highest BCUT2D eigenvalue weighted by Gasteiger charge is 2.26. The molecule has 1 aliphatic rings. The van der Waals surface area contributed by atoms with Crippen LogP contribution < -0.4 is 5.32 Å². The van der Waals surface area contributed by atoms with Crippen molar-refractivity contribution in [1.82, 2.24) is 0 Å². The number of fused-ring (bicyclic) bond motifs is 1. The molecule has 0 saturated heterocycles. The van der Waals surface area contributed by atoms with Crippen molar-refractivity contribution < 1.29 is 15.0 Å². The van der Waals surface area contributed by atoms with Gasteiger partial charge in [0.1, 0.15) is 0 Å². The highest BCUT2D eigenvalue weighted by atomic mass is 16.3. The molecule has 0 bridgehead atoms. The Kier molecular flexibility index (Phi) is 2.94. The molecule has 3 N–H and O–H groups in total. The van der Waals surface area contributed by atoms with E-state index in [1.165, 1.54) is 6.92 Å². The van der Waals surface area contributed by atoms with Crippen molar-refractivity contribution >= 4 is 11.6 Å². The molecule has 0 fully saturated rings. The summed E-state index contributed by atoms with van der Waals surface area (Å²) in [5.41, 5.74) is 2.65. The Bertz CT molecular complexity index is 417. The molecule has 1 aromatic carbocycles. The van der Waals surface area contributed by atoms with Gasteiger partial charge in [-0.2, -0.15) is 0 Å². The second-order valence-corrected chi connectivity index (χ2v) is 4.17. The minimum absolute atomic E-state index is 0.131. The lowest BCUT2D eigenvalue weighted by molar-refractivity contribution is -0.114. The summed E-state index contributed by atoms with van der Waals surface area (Å²) in [6, 6.07) is 5.56. The number of carbonyl (C=O) groups excluding carboxylic acids is 1. The monoisotopic (exact) mass is 221 g/mol. The summed E-state index contributed by atoms with van der Waals surface area (Å²) in [5, 5.41) is 21.9. The Hall–Kier alpha value is -1.39. The largest absolute Gasteiger partial charge is 0.390 e. The molecule has 1 aliphatic carbocycles. The fourth-order valence-electron chi connectivity index (χ4n) is 2.08. The van der Waals surface area contributed by atoms with Gasteiger partial charge in [0.2, 0.25) is 5.91 Å². The van der Waals surface area contributed by atoms with Crippen LogP contribution in [0.3, 0.4) is 0 Å². The van der Waals surface area contributed by atoms with Crippen molar-refractivity contribution in [1.29, 1.82) is 0 Å². The summed E-state index contributed by atoms with van der Waals surface area (Å²) in [6.45, 7) is 1.45. The molecule has 4 heteroatoms. The molecule has 86 valence electrons. The SMILES string of the molecule is CC(=O)Nc1cccc2c1CC(O)C(O)C2. The Morgan fingerprint density at radius 3 is 2.69 bits per heavy atom. The quantitative estimate of drug-likeness (QED) is 0.645. The highest BCUT2D eigenvalue weighted by molar-refractivity contribution is 5.89. The zero-order chi connectivity index (χ0) is 11.7. The van der Waals surface area contributed by atoms with Gasteiger partial charge in [0.15, 0.2) is 0 Å². The normalized spacial score (nSPS) is 23.7. The van der Waals surface area contributed by atoms with Gasteiger partial charge in [-0.3, -0.25) is 4.79 Å². The van der Waals surface area contributed by atoms with E-state index < -0.39 is 12.2 Å². The predicted molar refractivity (Wildman–Crippen MR) is 60.2 cm³/mol. The zero-order valence-electron chi connectivity index (χ0n) is 9.10. The van der Waals surface area contributed by atoms with Crippen molar-refractivity contribution in [3.05, 3.63) is 29.3 Å². The van der Waals surface area contributed by atoms with Crippen LogP contribution in [0.25, 0.3) is 0 Å². The van der Waals surface area contributed by atoms with E-state index in [1.54, 1.807) is 0 Å². The predicted octanol–water partition coefficient (Wildman–Crippen LogP) is 0.465. The third-order valence-corrected chi connectivity index (χ3v) is 2.87. The van der Waals surface area contributed by atoms with Crippen LogP contribution in [0.15, 0.2) is 18.2 Å². The van der Waals surface area contributed by atoms with E-state index in [-0.39, 0.29) is 5.91 Å². The molecule has 0 radical (unpaired) electrons. The van der Waals surface area contributed by atoms with Crippen molar-refractivity contribution in [2.24, 2.45) is 0 Å². The zero-order valence-corrected chi connectivity index (χ0v) is 9.10. The summed E-state index contributed by atoms with van der Waals surface area (Å²) in [4.78, 5) is 11.0. The van der Waals surface area contributed by atoms with E-state index in [2.05, 4.69) is 5.32 Å². The molecule has 1 aromatic rings. The Morgan fingerprint density at radius 2 is 2.00 bits per heavy atom. The summed E-state index contributed by atoms with van der Waals surface area (Å²) >= 11 is 0.